The Morgan fingerprint density at radius 1 is 1.20 bits per heavy atom. The fraction of sp³-hybridized carbons (Fsp3) is 0.867. The largest absolute Gasteiger partial charge is 0.481 e. The van der Waals surface area contributed by atoms with Crippen LogP contribution >= 0.6 is 0 Å². The quantitative estimate of drug-likeness (QED) is 0.701. The summed E-state index contributed by atoms with van der Waals surface area (Å²) in [6.07, 6.45) is 4.78. The first-order chi connectivity index (χ1) is 9.38. The average molecular weight is 284 g/mol. The average Bonchev–Trinajstić information content (AvgIpc) is 2.36. The number of nitrogens with one attached hydrogen (secondary N) is 2. The Balaban J connectivity index is 2.29. The van der Waals surface area contributed by atoms with Crippen molar-refractivity contribution >= 4 is 12.0 Å². The van der Waals surface area contributed by atoms with Crippen LogP contribution in [0.4, 0.5) is 4.79 Å². The predicted octanol–water partition coefficient (Wildman–Crippen LogP) is 2.61. The van der Waals surface area contributed by atoms with E-state index in [0.717, 1.165) is 5.92 Å². The Morgan fingerprint density at radius 2 is 1.80 bits per heavy atom. The number of urea groups is 1. The summed E-state index contributed by atoms with van der Waals surface area (Å²) in [6.45, 7) is 6.79. The van der Waals surface area contributed by atoms with Gasteiger partial charge in [-0.25, -0.2) is 4.79 Å². The molecule has 5 heteroatoms. The van der Waals surface area contributed by atoms with E-state index >= 15 is 0 Å². The molecule has 0 saturated heterocycles. The molecule has 20 heavy (non-hydrogen) atoms. The number of carbonyl (C=O) groups is 2. The van der Waals surface area contributed by atoms with Gasteiger partial charge >= 0.3 is 12.0 Å². The number of hydrogen-bond acceptors (Lipinski definition) is 2. The first-order valence-electron chi connectivity index (χ1n) is 7.64. The zero-order valence-electron chi connectivity index (χ0n) is 12.8. The first kappa shape index (κ1) is 16.8. The minimum absolute atomic E-state index is 0.0357. The molecule has 0 aromatic heterocycles. The molecule has 0 spiro atoms. The molecule has 0 aromatic rings. The molecule has 1 rings (SSSR count). The van der Waals surface area contributed by atoms with E-state index in [1.54, 1.807) is 0 Å². The molecule has 1 unspecified atom stereocenters. The lowest BCUT2D eigenvalue weighted by atomic mass is 9.83. The fourth-order valence-electron chi connectivity index (χ4n) is 2.63. The van der Waals surface area contributed by atoms with Crippen LogP contribution < -0.4 is 10.6 Å². The summed E-state index contributed by atoms with van der Waals surface area (Å²) in [6, 6.07) is -0.567. The number of carboxylic acid groups (broad SMARTS) is 1. The summed E-state index contributed by atoms with van der Waals surface area (Å²) in [5.41, 5.74) is 0. The summed E-state index contributed by atoms with van der Waals surface area (Å²) in [4.78, 5) is 22.6. The van der Waals surface area contributed by atoms with Crippen molar-refractivity contribution in [2.45, 2.75) is 58.9 Å². The van der Waals surface area contributed by atoms with Gasteiger partial charge in [-0.1, -0.05) is 33.6 Å². The van der Waals surface area contributed by atoms with Crippen molar-refractivity contribution in [3.8, 4) is 0 Å². The van der Waals surface area contributed by atoms with Crippen molar-refractivity contribution in [2.75, 3.05) is 6.54 Å². The summed E-state index contributed by atoms with van der Waals surface area (Å²) in [5, 5.41) is 14.5. The van der Waals surface area contributed by atoms with Crippen molar-refractivity contribution in [3.63, 3.8) is 0 Å². The number of carboxylic acids is 1. The molecular weight excluding hydrogens is 256 g/mol. The highest BCUT2D eigenvalue weighted by Crippen LogP contribution is 2.27. The first-order valence-corrected chi connectivity index (χ1v) is 7.64. The Kier molecular flexibility index (Phi) is 6.82. The Labute approximate surface area is 121 Å². The molecule has 1 fully saturated rings. The Hall–Kier alpha value is -1.26. The number of carbonyl (C=O) groups excluding carboxylic acids is 1. The Bertz CT molecular complexity index is 323. The Morgan fingerprint density at radius 3 is 2.30 bits per heavy atom. The molecule has 2 amide bonds. The molecule has 1 saturated carbocycles. The lowest BCUT2D eigenvalue weighted by Gasteiger charge is -2.27. The van der Waals surface area contributed by atoms with Crippen molar-refractivity contribution in [1.29, 1.82) is 0 Å². The van der Waals surface area contributed by atoms with Crippen LogP contribution in [-0.2, 0) is 4.79 Å². The lowest BCUT2D eigenvalue weighted by molar-refractivity contribution is -0.137. The van der Waals surface area contributed by atoms with Crippen molar-refractivity contribution in [1.82, 2.24) is 10.6 Å². The van der Waals surface area contributed by atoms with Crippen LogP contribution in [0.5, 0.6) is 0 Å². The smallest absolute Gasteiger partial charge is 0.315 e. The maximum absolute atomic E-state index is 11.8. The number of rotatable bonds is 6. The van der Waals surface area contributed by atoms with E-state index in [4.69, 9.17) is 5.11 Å². The van der Waals surface area contributed by atoms with E-state index in [0.29, 0.717) is 12.5 Å². The monoisotopic (exact) mass is 284 g/mol. The molecule has 0 aromatic carbocycles. The van der Waals surface area contributed by atoms with Crippen LogP contribution in [0, 0.1) is 17.8 Å². The van der Waals surface area contributed by atoms with E-state index in [9.17, 15) is 9.59 Å². The molecule has 0 radical (unpaired) electrons. The van der Waals surface area contributed by atoms with Crippen LogP contribution in [0.3, 0.4) is 0 Å². The molecule has 1 atom stereocenters. The minimum atomic E-state index is -0.884. The highest BCUT2D eigenvalue weighted by molar-refractivity contribution is 5.75. The van der Waals surface area contributed by atoms with E-state index in [1.165, 1.54) is 25.7 Å². The zero-order valence-corrected chi connectivity index (χ0v) is 12.8. The van der Waals surface area contributed by atoms with E-state index in [-0.39, 0.29) is 24.4 Å². The lowest BCUT2D eigenvalue weighted by Crippen LogP contribution is -2.46. The normalized spacial score (nSPS) is 24.2. The van der Waals surface area contributed by atoms with Gasteiger partial charge in [0, 0.05) is 12.6 Å². The van der Waals surface area contributed by atoms with E-state index in [2.05, 4.69) is 17.6 Å². The fourth-order valence-corrected chi connectivity index (χ4v) is 2.63. The van der Waals surface area contributed by atoms with Gasteiger partial charge in [-0.15, -0.1) is 0 Å². The summed E-state index contributed by atoms with van der Waals surface area (Å²) < 4.78 is 0. The maximum Gasteiger partial charge on any atom is 0.315 e. The highest BCUT2D eigenvalue weighted by Gasteiger charge is 2.21. The number of hydrogen-bond donors (Lipinski definition) is 3. The third kappa shape index (κ3) is 6.26. The molecule has 3 N–H and O–H groups in total. The highest BCUT2D eigenvalue weighted by atomic mass is 16.4. The van der Waals surface area contributed by atoms with Crippen LogP contribution in [0.1, 0.15) is 52.9 Å². The summed E-state index contributed by atoms with van der Waals surface area (Å²) in [5.74, 6) is 0.590. The van der Waals surface area contributed by atoms with Crippen LogP contribution in [0.15, 0.2) is 0 Å². The second-order valence-corrected chi connectivity index (χ2v) is 6.43. The van der Waals surface area contributed by atoms with Crippen LogP contribution in [0.25, 0.3) is 0 Å². The van der Waals surface area contributed by atoms with Crippen LogP contribution in [-0.4, -0.2) is 29.7 Å². The SMILES string of the molecule is CC1CCC(CNC(=O)NC(CC(=O)O)C(C)C)CC1. The second-order valence-electron chi connectivity index (χ2n) is 6.43. The van der Waals surface area contributed by atoms with Crippen molar-refractivity contribution in [3.05, 3.63) is 0 Å². The van der Waals surface area contributed by atoms with Gasteiger partial charge in [0.25, 0.3) is 0 Å². The molecule has 116 valence electrons. The zero-order chi connectivity index (χ0) is 15.1. The van der Waals surface area contributed by atoms with E-state index < -0.39 is 5.97 Å². The third-order valence-electron chi connectivity index (χ3n) is 4.20. The van der Waals surface area contributed by atoms with Gasteiger partial charge in [0.1, 0.15) is 0 Å². The molecule has 0 aliphatic heterocycles. The molecule has 1 aliphatic rings. The standard InChI is InChI=1S/C15H28N2O3/c1-10(2)13(8-14(18)19)17-15(20)16-9-12-6-4-11(3)5-7-12/h10-13H,4-9H2,1-3H3,(H,18,19)(H2,16,17,20). The molecule has 5 nitrogen and oxygen atoms in total. The third-order valence-corrected chi connectivity index (χ3v) is 4.20. The van der Waals surface area contributed by atoms with Gasteiger partial charge in [-0.05, 0) is 30.6 Å². The van der Waals surface area contributed by atoms with Gasteiger partial charge < -0.3 is 15.7 Å². The molecule has 0 bridgehead atoms. The number of aliphatic carboxylic acids is 1. The van der Waals surface area contributed by atoms with Gasteiger partial charge in [0.05, 0.1) is 6.42 Å². The van der Waals surface area contributed by atoms with Crippen molar-refractivity contribution < 1.29 is 14.7 Å². The second kappa shape index (κ2) is 8.12. The van der Waals surface area contributed by atoms with E-state index in [1.807, 2.05) is 13.8 Å². The minimum Gasteiger partial charge on any atom is -0.481 e. The van der Waals surface area contributed by atoms with Gasteiger partial charge in [-0.3, -0.25) is 4.79 Å². The van der Waals surface area contributed by atoms with Gasteiger partial charge in [0.2, 0.25) is 0 Å². The summed E-state index contributed by atoms with van der Waals surface area (Å²) in [7, 11) is 0. The molecular formula is C15H28N2O3. The van der Waals surface area contributed by atoms with Gasteiger partial charge in [-0.2, -0.15) is 0 Å². The van der Waals surface area contributed by atoms with Crippen LogP contribution in [0.2, 0.25) is 0 Å². The predicted molar refractivity (Wildman–Crippen MR) is 78.5 cm³/mol. The molecule has 0 heterocycles. The topological polar surface area (TPSA) is 78.4 Å². The van der Waals surface area contributed by atoms with Gasteiger partial charge in [0.15, 0.2) is 0 Å². The van der Waals surface area contributed by atoms with Crippen molar-refractivity contribution in [2.24, 2.45) is 17.8 Å². The molecule has 1 aliphatic carbocycles. The summed E-state index contributed by atoms with van der Waals surface area (Å²) >= 11 is 0. The maximum atomic E-state index is 11.8. The number of amides is 2.